The van der Waals surface area contributed by atoms with Gasteiger partial charge >= 0.3 is 0 Å². The molecule has 2 aliphatic rings. The number of anilines is 2. The summed E-state index contributed by atoms with van der Waals surface area (Å²) in [5, 5.41) is 2.02. The molecule has 0 bridgehead atoms. The van der Waals surface area contributed by atoms with Crippen molar-refractivity contribution in [2.75, 3.05) is 49.7 Å². The monoisotopic (exact) mass is 463 g/mol. The number of benzene rings is 1. The number of fused-ring (bicyclic) bond motifs is 1. The Morgan fingerprint density at radius 3 is 2.67 bits per heavy atom. The Morgan fingerprint density at radius 1 is 1.09 bits per heavy atom. The summed E-state index contributed by atoms with van der Waals surface area (Å²) in [5.41, 5.74) is 3.36. The number of amides is 1. The molecule has 33 heavy (non-hydrogen) atoms. The Balaban J connectivity index is 1.42. The quantitative estimate of drug-likeness (QED) is 0.560. The predicted molar refractivity (Wildman–Crippen MR) is 131 cm³/mol. The molecule has 0 radical (unpaired) electrons. The zero-order chi connectivity index (χ0) is 22.6. The van der Waals surface area contributed by atoms with E-state index in [1.807, 2.05) is 35.5 Å². The summed E-state index contributed by atoms with van der Waals surface area (Å²) in [5.74, 6) is 1.85. The van der Waals surface area contributed by atoms with Gasteiger partial charge in [-0.05, 0) is 17.0 Å². The lowest BCUT2D eigenvalue weighted by atomic mass is 10.0. The van der Waals surface area contributed by atoms with E-state index in [4.69, 9.17) is 14.7 Å². The van der Waals surface area contributed by atoms with Gasteiger partial charge in [0.2, 0.25) is 11.9 Å². The number of carbonyl (C=O) groups excluding carboxylic acids is 1. The minimum Gasteiger partial charge on any atom is -0.378 e. The standard InChI is InChI=1S/C25H29N5O2S/c1-28(17-19-6-3-2-4-7-19)25-26-22-9-10-30(23(31)16-20-8-5-15-33-20)18-21(22)24(27-25)29-11-13-32-14-12-29/h2-8,15H,9-14,16-18H2,1H3. The highest BCUT2D eigenvalue weighted by atomic mass is 32.1. The van der Waals surface area contributed by atoms with Gasteiger partial charge in [0, 0.05) is 50.1 Å². The SMILES string of the molecule is CN(Cc1ccccc1)c1nc2c(c(N3CCOCC3)n1)CN(C(=O)Cc1cccs1)CC2. The van der Waals surface area contributed by atoms with Crippen LogP contribution >= 0.6 is 11.3 Å². The molecule has 3 aromatic rings. The third-order valence-corrected chi connectivity index (χ3v) is 7.08. The Hall–Kier alpha value is -2.97. The highest BCUT2D eigenvalue weighted by molar-refractivity contribution is 7.10. The minimum absolute atomic E-state index is 0.168. The molecule has 1 fully saturated rings. The van der Waals surface area contributed by atoms with Crippen molar-refractivity contribution in [2.24, 2.45) is 0 Å². The van der Waals surface area contributed by atoms with Gasteiger partial charge in [0.1, 0.15) is 5.82 Å². The Kier molecular flexibility index (Phi) is 6.55. The maximum Gasteiger partial charge on any atom is 0.228 e. The number of morpholine rings is 1. The summed E-state index contributed by atoms with van der Waals surface area (Å²) in [6.07, 6.45) is 1.20. The van der Waals surface area contributed by atoms with Gasteiger partial charge < -0.3 is 19.4 Å². The molecule has 172 valence electrons. The molecule has 8 heteroatoms. The fraction of sp³-hybridized carbons (Fsp3) is 0.400. The van der Waals surface area contributed by atoms with E-state index in [1.54, 1.807) is 11.3 Å². The molecule has 1 amide bonds. The molecule has 1 aromatic carbocycles. The summed E-state index contributed by atoms with van der Waals surface area (Å²) < 4.78 is 5.58. The predicted octanol–water partition coefficient (Wildman–Crippen LogP) is 3.14. The van der Waals surface area contributed by atoms with Crippen LogP contribution in [0.3, 0.4) is 0 Å². The average Bonchev–Trinajstić information content (AvgIpc) is 3.37. The normalized spacial score (nSPS) is 15.9. The Labute approximate surface area is 198 Å². The topological polar surface area (TPSA) is 61.8 Å². The van der Waals surface area contributed by atoms with Crippen LogP contribution in [0, 0.1) is 0 Å². The van der Waals surface area contributed by atoms with Crippen molar-refractivity contribution in [3.63, 3.8) is 0 Å². The second kappa shape index (κ2) is 9.89. The highest BCUT2D eigenvalue weighted by Gasteiger charge is 2.29. The molecule has 0 unspecified atom stereocenters. The lowest BCUT2D eigenvalue weighted by molar-refractivity contribution is -0.131. The number of rotatable bonds is 6. The third kappa shape index (κ3) is 5.02. The van der Waals surface area contributed by atoms with Crippen LogP contribution in [0.1, 0.15) is 21.7 Å². The zero-order valence-corrected chi connectivity index (χ0v) is 19.8. The van der Waals surface area contributed by atoms with Gasteiger partial charge in [-0.1, -0.05) is 36.4 Å². The zero-order valence-electron chi connectivity index (χ0n) is 18.9. The van der Waals surface area contributed by atoms with Crippen molar-refractivity contribution < 1.29 is 9.53 Å². The van der Waals surface area contributed by atoms with Crippen LogP contribution in [-0.4, -0.2) is 60.7 Å². The van der Waals surface area contributed by atoms with E-state index in [-0.39, 0.29) is 5.91 Å². The van der Waals surface area contributed by atoms with Crippen LogP contribution in [0.5, 0.6) is 0 Å². The Morgan fingerprint density at radius 2 is 1.91 bits per heavy atom. The third-order valence-electron chi connectivity index (χ3n) is 6.20. The first-order valence-electron chi connectivity index (χ1n) is 11.4. The number of hydrogen-bond donors (Lipinski definition) is 0. The number of aromatic nitrogens is 2. The summed E-state index contributed by atoms with van der Waals surface area (Å²) in [6.45, 7) is 4.98. The van der Waals surface area contributed by atoms with Gasteiger partial charge in [-0.15, -0.1) is 11.3 Å². The molecule has 1 saturated heterocycles. The molecular formula is C25H29N5O2S. The van der Waals surface area contributed by atoms with E-state index >= 15 is 0 Å². The van der Waals surface area contributed by atoms with E-state index in [0.717, 1.165) is 54.0 Å². The molecule has 0 atom stereocenters. The number of hydrogen-bond acceptors (Lipinski definition) is 7. The smallest absolute Gasteiger partial charge is 0.228 e. The number of nitrogens with zero attached hydrogens (tertiary/aromatic N) is 5. The van der Waals surface area contributed by atoms with E-state index < -0.39 is 0 Å². The van der Waals surface area contributed by atoms with Gasteiger partial charge in [-0.2, -0.15) is 4.98 Å². The van der Waals surface area contributed by atoms with Crippen molar-refractivity contribution in [3.05, 3.63) is 69.5 Å². The molecule has 0 aliphatic carbocycles. The lowest BCUT2D eigenvalue weighted by Gasteiger charge is -2.35. The van der Waals surface area contributed by atoms with Gasteiger partial charge in [0.05, 0.1) is 31.9 Å². The number of ether oxygens (including phenoxy) is 1. The van der Waals surface area contributed by atoms with E-state index in [0.29, 0.717) is 32.7 Å². The van der Waals surface area contributed by atoms with Crippen molar-refractivity contribution in [3.8, 4) is 0 Å². The maximum absolute atomic E-state index is 13.0. The lowest BCUT2D eigenvalue weighted by Crippen LogP contribution is -2.41. The van der Waals surface area contributed by atoms with Crippen LogP contribution in [0.15, 0.2) is 47.8 Å². The number of carbonyl (C=O) groups is 1. The van der Waals surface area contributed by atoms with Gasteiger partial charge in [0.25, 0.3) is 0 Å². The maximum atomic E-state index is 13.0. The van der Waals surface area contributed by atoms with Crippen LogP contribution in [0.4, 0.5) is 11.8 Å². The summed E-state index contributed by atoms with van der Waals surface area (Å²) in [7, 11) is 2.04. The fourth-order valence-corrected chi connectivity index (χ4v) is 5.10. The van der Waals surface area contributed by atoms with Crippen molar-refractivity contribution >= 4 is 29.0 Å². The van der Waals surface area contributed by atoms with Gasteiger partial charge in [-0.3, -0.25) is 4.79 Å². The Bertz CT molecular complexity index is 1080. The van der Waals surface area contributed by atoms with E-state index in [9.17, 15) is 4.79 Å². The van der Waals surface area contributed by atoms with Gasteiger partial charge in [0.15, 0.2) is 0 Å². The second-order valence-corrected chi connectivity index (χ2v) is 9.57. The summed E-state index contributed by atoms with van der Waals surface area (Å²) in [4.78, 5) is 30.4. The molecule has 0 saturated carbocycles. The fourth-order valence-electron chi connectivity index (χ4n) is 4.41. The molecule has 2 aliphatic heterocycles. The van der Waals surface area contributed by atoms with E-state index in [2.05, 4.69) is 34.1 Å². The molecule has 0 spiro atoms. The molecule has 0 N–H and O–H groups in total. The summed E-state index contributed by atoms with van der Waals surface area (Å²) in [6, 6.07) is 14.4. The molecule has 5 rings (SSSR count). The van der Waals surface area contributed by atoms with Crippen LogP contribution in [-0.2, 0) is 35.5 Å². The summed E-state index contributed by atoms with van der Waals surface area (Å²) >= 11 is 1.63. The van der Waals surface area contributed by atoms with Crippen LogP contribution < -0.4 is 9.80 Å². The highest BCUT2D eigenvalue weighted by Crippen LogP contribution is 2.30. The minimum atomic E-state index is 0.168. The second-order valence-electron chi connectivity index (χ2n) is 8.53. The first kappa shape index (κ1) is 21.9. The molecular weight excluding hydrogens is 434 g/mol. The van der Waals surface area contributed by atoms with Crippen LogP contribution in [0.2, 0.25) is 0 Å². The molecule has 7 nitrogen and oxygen atoms in total. The van der Waals surface area contributed by atoms with Crippen LogP contribution in [0.25, 0.3) is 0 Å². The van der Waals surface area contributed by atoms with Crippen molar-refractivity contribution in [1.29, 1.82) is 0 Å². The van der Waals surface area contributed by atoms with E-state index in [1.165, 1.54) is 5.56 Å². The molecule has 2 aromatic heterocycles. The number of thiophene rings is 1. The first-order valence-corrected chi connectivity index (χ1v) is 12.3. The van der Waals surface area contributed by atoms with Crippen molar-refractivity contribution in [2.45, 2.75) is 25.9 Å². The average molecular weight is 464 g/mol. The first-order chi connectivity index (χ1) is 16.2. The van der Waals surface area contributed by atoms with Crippen molar-refractivity contribution in [1.82, 2.24) is 14.9 Å². The van der Waals surface area contributed by atoms with Gasteiger partial charge in [-0.25, -0.2) is 4.98 Å². The molecule has 4 heterocycles. The largest absolute Gasteiger partial charge is 0.378 e.